The van der Waals surface area contributed by atoms with Crippen LogP contribution in [0.4, 0.5) is 0 Å². The van der Waals surface area contributed by atoms with Gasteiger partial charge in [0.25, 0.3) is 0 Å². The summed E-state index contributed by atoms with van der Waals surface area (Å²) in [7, 11) is 0. The number of rotatable bonds is 1. The molecular formula is C11H7N3O. The van der Waals surface area contributed by atoms with E-state index in [1.807, 2.05) is 18.2 Å². The quantitative estimate of drug-likeness (QED) is 0.749. The maximum atomic E-state index is 10.7. The van der Waals surface area contributed by atoms with Gasteiger partial charge in [-0.05, 0) is 17.7 Å². The first-order chi connectivity index (χ1) is 7.29. The number of aromatic amines is 1. The Hall–Kier alpha value is -2.41. The molecule has 0 saturated carbocycles. The lowest BCUT2D eigenvalue weighted by Crippen LogP contribution is -2.07. The molecule has 0 aliphatic rings. The Bertz CT molecular complexity index is 543. The highest BCUT2D eigenvalue weighted by Crippen LogP contribution is 2.16. The summed E-state index contributed by atoms with van der Waals surface area (Å²) < 4.78 is 0. The summed E-state index contributed by atoms with van der Waals surface area (Å²) in [6, 6.07) is 9.11. The van der Waals surface area contributed by atoms with Gasteiger partial charge in [0.15, 0.2) is 0 Å². The van der Waals surface area contributed by atoms with Gasteiger partial charge in [-0.3, -0.25) is 0 Å². The molecule has 4 nitrogen and oxygen atoms in total. The Morgan fingerprint density at radius 2 is 1.93 bits per heavy atom. The summed E-state index contributed by atoms with van der Waals surface area (Å²) in [6.07, 6.45) is 3.09. The Morgan fingerprint density at radius 3 is 2.47 bits per heavy atom. The largest absolute Gasteiger partial charge is 0.344 e. The Kier molecular flexibility index (Phi) is 2.30. The molecule has 0 bridgehead atoms. The fraction of sp³-hybridized carbons (Fsp3) is 0. The lowest BCUT2D eigenvalue weighted by atomic mass is 10.1. The van der Waals surface area contributed by atoms with E-state index in [1.54, 1.807) is 18.3 Å². The van der Waals surface area contributed by atoms with E-state index in [0.717, 1.165) is 11.1 Å². The van der Waals surface area contributed by atoms with Crippen LogP contribution < -0.4 is 5.69 Å². The fourth-order valence-corrected chi connectivity index (χ4v) is 1.24. The van der Waals surface area contributed by atoms with Crippen LogP contribution in [0.15, 0.2) is 41.5 Å². The van der Waals surface area contributed by atoms with E-state index in [0.29, 0.717) is 5.56 Å². The molecule has 0 unspecified atom stereocenters. The van der Waals surface area contributed by atoms with Gasteiger partial charge < -0.3 is 4.98 Å². The number of hydrogen-bond acceptors (Lipinski definition) is 3. The first-order valence-electron chi connectivity index (χ1n) is 4.35. The van der Waals surface area contributed by atoms with Gasteiger partial charge in [0.1, 0.15) is 0 Å². The number of hydrogen-bond donors (Lipinski definition) is 1. The Balaban J connectivity index is 2.42. The molecule has 4 heteroatoms. The van der Waals surface area contributed by atoms with E-state index >= 15 is 0 Å². The number of benzene rings is 1. The molecule has 2 rings (SSSR count). The smallest absolute Gasteiger partial charge is 0.312 e. The first kappa shape index (κ1) is 9.16. The van der Waals surface area contributed by atoms with Crippen LogP contribution in [0.1, 0.15) is 5.56 Å². The highest BCUT2D eigenvalue weighted by atomic mass is 16.1. The summed E-state index contributed by atoms with van der Waals surface area (Å²) in [5.41, 5.74) is 1.97. The van der Waals surface area contributed by atoms with Crippen molar-refractivity contribution in [3.8, 4) is 17.2 Å². The average molecular weight is 197 g/mol. The number of nitrogens with one attached hydrogen (secondary N) is 1. The molecule has 0 fully saturated rings. The monoisotopic (exact) mass is 197 g/mol. The van der Waals surface area contributed by atoms with Gasteiger partial charge in [-0.2, -0.15) is 5.26 Å². The van der Waals surface area contributed by atoms with Crippen molar-refractivity contribution < 1.29 is 0 Å². The highest BCUT2D eigenvalue weighted by molar-refractivity contribution is 5.62. The van der Waals surface area contributed by atoms with Crippen LogP contribution in [0.2, 0.25) is 0 Å². The van der Waals surface area contributed by atoms with Crippen molar-refractivity contribution in [2.45, 2.75) is 0 Å². The third-order valence-electron chi connectivity index (χ3n) is 2.02. The summed E-state index contributed by atoms with van der Waals surface area (Å²) in [5, 5.41) is 8.63. The molecule has 2 aromatic rings. The van der Waals surface area contributed by atoms with Gasteiger partial charge in [-0.25, -0.2) is 9.78 Å². The van der Waals surface area contributed by atoms with Crippen molar-refractivity contribution in [1.82, 2.24) is 9.97 Å². The molecule has 1 aromatic heterocycles. The standard InChI is InChI=1S/C11H7N3O/c12-5-8-1-3-9(4-2-8)10-6-13-11(15)14-7-10/h1-4,6-7H,(H,13,14,15). The molecule has 0 saturated heterocycles. The van der Waals surface area contributed by atoms with Crippen LogP contribution >= 0.6 is 0 Å². The molecule has 0 radical (unpaired) electrons. The predicted molar refractivity (Wildman–Crippen MR) is 55.0 cm³/mol. The molecule has 0 aliphatic heterocycles. The summed E-state index contributed by atoms with van der Waals surface area (Å²) >= 11 is 0. The van der Waals surface area contributed by atoms with Crippen molar-refractivity contribution >= 4 is 0 Å². The molecule has 0 amide bonds. The normalized spacial score (nSPS) is 9.53. The van der Waals surface area contributed by atoms with Crippen molar-refractivity contribution in [2.75, 3.05) is 0 Å². The number of nitrogens with zero attached hydrogens (tertiary/aromatic N) is 2. The minimum atomic E-state index is -0.368. The molecule has 0 spiro atoms. The third-order valence-corrected chi connectivity index (χ3v) is 2.02. The SMILES string of the molecule is N#Cc1ccc(-c2cnc(=O)[nH]c2)cc1. The summed E-state index contributed by atoms with van der Waals surface area (Å²) in [6.45, 7) is 0. The highest BCUT2D eigenvalue weighted by Gasteiger charge is 1.97. The summed E-state index contributed by atoms with van der Waals surface area (Å²) in [5.74, 6) is 0. The van der Waals surface area contributed by atoms with Crippen molar-refractivity contribution in [1.29, 1.82) is 5.26 Å². The number of nitriles is 1. The lowest BCUT2D eigenvalue weighted by Gasteiger charge is -1.99. The maximum absolute atomic E-state index is 10.7. The lowest BCUT2D eigenvalue weighted by molar-refractivity contribution is 1.08. The van der Waals surface area contributed by atoms with Gasteiger partial charge in [0, 0.05) is 18.0 Å². The average Bonchev–Trinajstić information content (AvgIpc) is 2.30. The van der Waals surface area contributed by atoms with Gasteiger partial charge >= 0.3 is 5.69 Å². The zero-order valence-corrected chi connectivity index (χ0v) is 7.77. The van der Waals surface area contributed by atoms with Crippen LogP contribution in [0.3, 0.4) is 0 Å². The molecule has 0 atom stereocenters. The number of H-pyrrole nitrogens is 1. The third kappa shape index (κ3) is 1.92. The zero-order chi connectivity index (χ0) is 10.7. The van der Waals surface area contributed by atoms with Gasteiger partial charge in [-0.1, -0.05) is 12.1 Å². The van der Waals surface area contributed by atoms with Crippen molar-refractivity contribution in [3.05, 3.63) is 52.7 Å². The molecule has 1 N–H and O–H groups in total. The zero-order valence-electron chi connectivity index (χ0n) is 7.77. The second-order valence-corrected chi connectivity index (χ2v) is 3.00. The minimum Gasteiger partial charge on any atom is -0.312 e. The minimum absolute atomic E-state index is 0.368. The van der Waals surface area contributed by atoms with Gasteiger partial charge in [0.2, 0.25) is 0 Å². The number of aromatic nitrogens is 2. The predicted octanol–water partition coefficient (Wildman–Crippen LogP) is 1.31. The molecule has 1 aromatic carbocycles. The van der Waals surface area contributed by atoms with E-state index < -0.39 is 0 Å². The summed E-state index contributed by atoms with van der Waals surface area (Å²) in [4.78, 5) is 16.9. The first-order valence-corrected chi connectivity index (χ1v) is 4.35. The van der Waals surface area contributed by atoms with E-state index in [1.165, 1.54) is 6.20 Å². The molecule has 0 aliphatic carbocycles. The maximum Gasteiger partial charge on any atom is 0.344 e. The van der Waals surface area contributed by atoms with Crippen LogP contribution in [0.5, 0.6) is 0 Å². The van der Waals surface area contributed by atoms with Gasteiger partial charge in [0.05, 0.1) is 11.6 Å². The van der Waals surface area contributed by atoms with E-state index in [-0.39, 0.29) is 5.69 Å². The van der Waals surface area contributed by atoms with E-state index in [9.17, 15) is 4.79 Å². The van der Waals surface area contributed by atoms with E-state index in [2.05, 4.69) is 9.97 Å². The second kappa shape index (κ2) is 3.76. The van der Waals surface area contributed by atoms with Crippen LogP contribution in [-0.2, 0) is 0 Å². The molecular weight excluding hydrogens is 190 g/mol. The van der Waals surface area contributed by atoms with Crippen molar-refractivity contribution in [2.24, 2.45) is 0 Å². The fourth-order valence-electron chi connectivity index (χ4n) is 1.24. The van der Waals surface area contributed by atoms with Crippen molar-refractivity contribution in [3.63, 3.8) is 0 Å². The Labute approximate surface area is 85.8 Å². The van der Waals surface area contributed by atoms with Gasteiger partial charge in [-0.15, -0.1) is 0 Å². The van der Waals surface area contributed by atoms with Crippen LogP contribution in [0.25, 0.3) is 11.1 Å². The molecule has 15 heavy (non-hydrogen) atoms. The second-order valence-electron chi connectivity index (χ2n) is 3.00. The Morgan fingerprint density at radius 1 is 1.20 bits per heavy atom. The molecule has 72 valence electrons. The van der Waals surface area contributed by atoms with Crippen LogP contribution in [-0.4, -0.2) is 9.97 Å². The molecule has 1 heterocycles. The van der Waals surface area contributed by atoms with E-state index in [4.69, 9.17) is 5.26 Å². The topological polar surface area (TPSA) is 69.5 Å². The van der Waals surface area contributed by atoms with Crippen LogP contribution in [0, 0.1) is 11.3 Å².